The maximum atomic E-state index is 11.5. The molecule has 0 spiro atoms. The molecule has 0 radical (unpaired) electrons. The molecular formula is C15H27NO2. The molecule has 3 heteroatoms. The third-order valence-electron chi connectivity index (χ3n) is 4.50. The summed E-state index contributed by atoms with van der Waals surface area (Å²) in [4.78, 5) is 13.9. The minimum absolute atomic E-state index is 0.0922. The number of likely N-dealkylation sites (N-methyl/N-ethyl adjacent to an activating group) is 1. The maximum absolute atomic E-state index is 11.5. The highest BCUT2D eigenvalue weighted by Crippen LogP contribution is 2.38. The molecule has 0 bridgehead atoms. The van der Waals surface area contributed by atoms with Crippen molar-refractivity contribution in [3.63, 3.8) is 0 Å². The first-order valence-corrected chi connectivity index (χ1v) is 7.40. The predicted octanol–water partition coefficient (Wildman–Crippen LogP) is 2.49. The Hall–Kier alpha value is -0.410. The first-order chi connectivity index (χ1) is 8.63. The van der Waals surface area contributed by atoms with Crippen LogP contribution in [0.25, 0.3) is 0 Å². The van der Waals surface area contributed by atoms with Crippen molar-refractivity contribution < 1.29 is 9.53 Å². The second-order valence-electron chi connectivity index (χ2n) is 6.51. The van der Waals surface area contributed by atoms with Gasteiger partial charge in [-0.05, 0) is 38.6 Å². The predicted molar refractivity (Wildman–Crippen MR) is 72.6 cm³/mol. The minimum Gasteiger partial charge on any atom is -0.377 e. The van der Waals surface area contributed by atoms with E-state index in [-0.39, 0.29) is 5.41 Å². The van der Waals surface area contributed by atoms with Gasteiger partial charge >= 0.3 is 0 Å². The van der Waals surface area contributed by atoms with Crippen molar-refractivity contribution in [1.82, 2.24) is 4.90 Å². The van der Waals surface area contributed by atoms with E-state index in [2.05, 4.69) is 18.9 Å². The lowest BCUT2D eigenvalue weighted by Gasteiger charge is -2.38. The number of aldehydes is 1. The van der Waals surface area contributed by atoms with Gasteiger partial charge in [0.15, 0.2) is 0 Å². The van der Waals surface area contributed by atoms with Crippen LogP contribution in [0.15, 0.2) is 0 Å². The molecule has 1 saturated heterocycles. The Morgan fingerprint density at radius 3 is 2.83 bits per heavy atom. The Labute approximate surface area is 111 Å². The lowest BCUT2D eigenvalue weighted by atomic mass is 9.71. The summed E-state index contributed by atoms with van der Waals surface area (Å²) in [6, 6.07) is 0. The van der Waals surface area contributed by atoms with Crippen LogP contribution in [-0.2, 0) is 9.53 Å². The molecule has 2 rings (SSSR count). The van der Waals surface area contributed by atoms with Crippen molar-refractivity contribution in [3.8, 4) is 0 Å². The number of ether oxygens (including phenoxy) is 1. The number of rotatable bonds is 5. The summed E-state index contributed by atoms with van der Waals surface area (Å²) in [7, 11) is 2.13. The molecule has 0 aromatic rings. The summed E-state index contributed by atoms with van der Waals surface area (Å²) < 4.78 is 5.67. The zero-order chi connectivity index (χ0) is 13.0. The van der Waals surface area contributed by atoms with Gasteiger partial charge in [-0.25, -0.2) is 0 Å². The molecule has 2 fully saturated rings. The summed E-state index contributed by atoms with van der Waals surface area (Å²) >= 11 is 0. The van der Waals surface area contributed by atoms with E-state index in [1.54, 1.807) is 0 Å². The average molecular weight is 253 g/mol. The van der Waals surface area contributed by atoms with Crippen molar-refractivity contribution >= 4 is 6.29 Å². The summed E-state index contributed by atoms with van der Waals surface area (Å²) in [5.74, 6) is 0.695. The van der Waals surface area contributed by atoms with Crippen LogP contribution in [0.5, 0.6) is 0 Å². The van der Waals surface area contributed by atoms with E-state index in [0.717, 1.165) is 32.5 Å². The Balaban J connectivity index is 1.86. The SMILES string of the molecule is CC1CCCC(C=O)(CN(C)CC2CCCO2)C1. The average Bonchev–Trinajstić information content (AvgIpc) is 2.81. The first kappa shape index (κ1) is 14.0. The fourth-order valence-electron chi connectivity index (χ4n) is 3.73. The van der Waals surface area contributed by atoms with Crippen LogP contribution in [0.2, 0.25) is 0 Å². The molecule has 3 nitrogen and oxygen atoms in total. The third kappa shape index (κ3) is 3.55. The fourth-order valence-corrected chi connectivity index (χ4v) is 3.73. The highest BCUT2D eigenvalue weighted by atomic mass is 16.5. The van der Waals surface area contributed by atoms with Gasteiger partial charge < -0.3 is 14.4 Å². The van der Waals surface area contributed by atoms with Crippen LogP contribution >= 0.6 is 0 Å². The summed E-state index contributed by atoms with van der Waals surface area (Å²) in [6.07, 6.45) is 8.60. The van der Waals surface area contributed by atoms with Gasteiger partial charge in [-0.1, -0.05) is 19.8 Å². The van der Waals surface area contributed by atoms with Crippen LogP contribution in [0, 0.1) is 11.3 Å². The van der Waals surface area contributed by atoms with Gasteiger partial charge in [0, 0.05) is 25.1 Å². The van der Waals surface area contributed by atoms with Crippen molar-refractivity contribution in [2.75, 3.05) is 26.7 Å². The van der Waals surface area contributed by atoms with Crippen molar-refractivity contribution in [2.24, 2.45) is 11.3 Å². The van der Waals surface area contributed by atoms with E-state index in [0.29, 0.717) is 12.0 Å². The van der Waals surface area contributed by atoms with E-state index in [1.165, 1.54) is 32.0 Å². The van der Waals surface area contributed by atoms with Crippen LogP contribution in [0.4, 0.5) is 0 Å². The molecule has 1 saturated carbocycles. The van der Waals surface area contributed by atoms with E-state index >= 15 is 0 Å². The van der Waals surface area contributed by atoms with Crippen LogP contribution in [-0.4, -0.2) is 44.0 Å². The van der Waals surface area contributed by atoms with Crippen LogP contribution in [0.1, 0.15) is 45.4 Å². The second-order valence-corrected chi connectivity index (χ2v) is 6.51. The molecule has 2 aliphatic rings. The van der Waals surface area contributed by atoms with Crippen LogP contribution < -0.4 is 0 Å². The molecule has 0 amide bonds. The Bertz CT molecular complexity index is 276. The van der Waals surface area contributed by atoms with Gasteiger partial charge in [0.2, 0.25) is 0 Å². The third-order valence-corrected chi connectivity index (χ3v) is 4.50. The zero-order valence-corrected chi connectivity index (χ0v) is 11.9. The first-order valence-electron chi connectivity index (χ1n) is 7.40. The molecule has 1 heterocycles. The van der Waals surface area contributed by atoms with Crippen molar-refractivity contribution in [2.45, 2.75) is 51.6 Å². The molecule has 3 unspecified atom stereocenters. The minimum atomic E-state index is -0.0922. The Morgan fingerprint density at radius 2 is 2.22 bits per heavy atom. The molecule has 1 aliphatic heterocycles. The number of carbonyl (C=O) groups excluding carboxylic acids is 1. The number of carbonyl (C=O) groups is 1. The molecule has 18 heavy (non-hydrogen) atoms. The lowest BCUT2D eigenvalue weighted by molar-refractivity contribution is -0.120. The van der Waals surface area contributed by atoms with Gasteiger partial charge in [0.1, 0.15) is 6.29 Å². The lowest BCUT2D eigenvalue weighted by Crippen LogP contribution is -2.42. The molecule has 104 valence electrons. The summed E-state index contributed by atoms with van der Waals surface area (Å²) in [5, 5.41) is 0. The number of hydrogen-bond donors (Lipinski definition) is 0. The van der Waals surface area contributed by atoms with Gasteiger partial charge in [-0.2, -0.15) is 0 Å². The molecule has 0 aromatic heterocycles. The zero-order valence-electron chi connectivity index (χ0n) is 11.9. The molecule has 0 N–H and O–H groups in total. The summed E-state index contributed by atoms with van der Waals surface area (Å²) in [5.41, 5.74) is -0.0922. The van der Waals surface area contributed by atoms with Gasteiger partial charge in [-0.3, -0.25) is 0 Å². The quantitative estimate of drug-likeness (QED) is 0.705. The topological polar surface area (TPSA) is 29.5 Å². The maximum Gasteiger partial charge on any atom is 0.127 e. The van der Waals surface area contributed by atoms with E-state index < -0.39 is 0 Å². The molecule has 1 aliphatic carbocycles. The van der Waals surface area contributed by atoms with Crippen molar-refractivity contribution in [3.05, 3.63) is 0 Å². The normalized spacial score (nSPS) is 37.1. The molecule has 0 aromatic carbocycles. The molecule has 3 atom stereocenters. The standard InChI is InChI=1S/C15H27NO2/c1-13-5-3-7-15(9-13,12-17)11-16(2)10-14-6-4-8-18-14/h12-14H,3-11H2,1-2H3. The van der Waals surface area contributed by atoms with Gasteiger partial charge in [0.05, 0.1) is 6.10 Å². The highest BCUT2D eigenvalue weighted by molar-refractivity contribution is 5.60. The van der Waals surface area contributed by atoms with Crippen molar-refractivity contribution in [1.29, 1.82) is 0 Å². The largest absolute Gasteiger partial charge is 0.377 e. The monoisotopic (exact) mass is 253 g/mol. The fraction of sp³-hybridized carbons (Fsp3) is 0.933. The summed E-state index contributed by atoms with van der Waals surface area (Å²) in [6.45, 7) is 5.07. The van der Waals surface area contributed by atoms with E-state index in [9.17, 15) is 4.79 Å². The smallest absolute Gasteiger partial charge is 0.127 e. The van der Waals surface area contributed by atoms with Crippen LogP contribution in [0.3, 0.4) is 0 Å². The number of nitrogens with zero attached hydrogens (tertiary/aromatic N) is 1. The second kappa shape index (κ2) is 6.16. The highest BCUT2D eigenvalue weighted by Gasteiger charge is 2.36. The van der Waals surface area contributed by atoms with Gasteiger partial charge in [0.25, 0.3) is 0 Å². The van der Waals surface area contributed by atoms with E-state index in [1.807, 2.05) is 0 Å². The Morgan fingerprint density at radius 1 is 1.39 bits per heavy atom. The van der Waals surface area contributed by atoms with E-state index in [4.69, 9.17) is 4.74 Å². The Kier molecular flexibility index (Phi) is 4.79. The molecular weight excluding hydrogens is 226 g/mol. The number of hydrogen-bond acceptors (Lipinski definition) is 3. The van der Waals surface area contributed by atoms with Gasteiger partial charge in [-0.15, -0.1) is 0 Å².